The minimum absolute atomic E-state index is 0.0102. The Morgan fingerprint density at radius 1 is 1.11 bits per heavy atom. The molecule has 7 heteroatoms. The van der Waals surface area contributed by atoms with Crippen LogP contribution in [0.15, 0.2) is 0 Å². The minimum Gasteiger partial charge on any atom is -0.367 e. The van der Waals surface area contributed by atoms with Gasteiger partial charge in [-0.25, -0.2) is 0 Å². The number of hydrogen-bond donors (Lipinski definition) is 2. The monoisotopic (exact) mass is 341 g/mol. The zero-order chi connectivity index (χ0) is 14.4. The number of hydrogen-bond acceptors (Lipinski definition) is 2. The van der Waals surface area contributed by atoms with E-state index >= 15 is 0 Å². The molecule has 2 rings (SSSR count). The summed E-state index contributed by atoms with van der Waals surface area (Å²) < 4.78 is 0. The molecule has 1 atom stereocenters. The van der Waals surface area contributed by atoms with E-state index in [4.69, 9.17) is 46.4 Å². The van der Waals surface area contributed by atoms with Crippen molar-refractivity contribution in [2.24, 2.45) is 0 Å². The fourth-order valence-corrected chi connectivity index (χ4v) is 3.26. The summed E-state index contributed by atoms with van der Waals surface area (Å²) in [5.74, 6) is -0.501. The molecule has 0 aliphatic carbocycles. The summed E-state index contributed by atoms with van der Waals surface area (Å²) in [5, 5.41) is 13.2. The SMILES string of the molecule is CCCCC1(O)NC(=O)c2c(Cl)c(Cl)c(Cl)c(Cl)c21. The molecule has 1 aromatic carbocycles. The van der Waals surface area contributed by atoms with Gasteiger partial charge in [0.15, 0.2) is 5.72 Å². The second-order valence-corrected chi connectivity index (χ2v) is 5.94. The normalized spacial score (nSPS) is 21.5. The Bertz CT molecular complexity index is 561. The van der Waals surface area contributed by atoms with Gasteiger partial charge in [-0.15, -0.1) is 0 Å². The molecule has 19 heavy (non-hydrogen) atoms. The number of benzene rings is 1. The molecule has 1 aromatic rings. The van der Waals surface area contributed by atoms with Crippen molar-refractivity contribution in [3.05, 3.63) is 31.2 Å². The van der Waals surface area contributed by atoms with E-state index in [9.17, 15) is 9.90 Å². The maximum atomic E-state index is 12.0. The maximum Gasteiger partial charge on any atom is 0.255 e. The van der Waals surface area contributed by atoms with Gasteiger partial charge in [-0.2, -0.15) is 0 Å². The van der Waals surface area contributed by atoms with E-state index in [-0.39, 0.29) is 31.2 Å². The summed E-state index contributed by atoms with van der Waals surface area (Å²) in [6.07, 6.45) is 1.90. The molecule has 0 fully saturated rings. The van der Waals surface area contributed by atoms with Gasteiger partial charge in [0, 0.05) is 5.56 Å². The molecule has 0 radical (unpaired) electrons. The van der Waals surface area contributed by atoms with Crippen LogP contribution in [-0.4, -0.2) is 11.0 Å². The van der Waals surface area contributed by atoms with Crippen LogP contribution in [0.3, 0.4) is 0 Å². The molecule has 1 aliphatic heterocycles. The van der Waals surface area contributed by atoms with Crippen molar-refractivity contribution in [1.29, 1.82) is 0 Å². The lowest BCUT2D eigenvalue weighted by Gasteiger charge is -2.25. The van der Waals surface area contributed by atoms with Crippen LogP contribution >= 0.6 is 46.4 Å². The Hall–Kier alpha value is -0.190. The van der Waals surface area contributed by atoms with Crippen LogP contribution in [0, 0.1) is 0 Å². The third-order valence-corrected chi connectivity index (χ3v) is 4.92. The van der Waals surface area contributed by atoms with Gasteiger partial charge < -0.3 is 10.4 Å². The van der Waals surface area contributed by atoms with Crippen LogP contribution in [0.2, 0.25) is 20.1 Å². The van der Waals surface area contributed by atoms with Crippen molar-refractivity contribution in [2.75, 3.05) is 0 Å². The summed E-state index contributed by atoms with van der Waals surface area (Å²) in [6.45, 7) is 1.98. The van der Waals surface area contributed by atoms with Crippen molar-refractivity contribution in [2.45, 2.75) is 31.9 Å². The summed E-state index contributed by atoms with van der Waals surface area (Å²) in [6, 6.07) is 0. The van der Waals surface area contributed by atoms with Crippen LogP contribution in [-0.2, 0) is 5.72 Å². The van der Waals surface area contributed by atoms with Gasteiger partial charge in [0.25, 0.3) is 5.91 Å². The van der Waals surface area contributed by atoms with Crippen molar-refractivity contribution in [3.63, 3.8) is 0 Å². The Kier molecular flexibility index (Phi) is 4.24. The Labute approximate surface area is 130 Å². The Balaban J connectivity index is 2.67. The van der Waals surface area contributed by atoms with Crippen LogP contribution in [0.25, 0.3) is 0 Å². The number of amides is 1. The number of fused-ring (bicyclic) bond motifs is 1. The first-order valence-electron chi connectivity index (χ1n) is 5.74. The third-order valence-electron chi connectivity index (χ3n) is 3.12. The van der Waals surface area contributed by atoms with Crippen LogP contribution in [0.4, 0.5) is 0 Å². The number of nitrogens with one attached hydrogen (secondary N) is 1. The number of carbonyl (C=O) groups is 1. The van der Waals surface area contributed by atoms with Gasteiger partial charge in [0.1, 0.15) is 0 Å². The molecule has 104 valence electrons. The zero-order valence-corrected chi connectivity index (χ0v) is 13.0. The van der Waals surface area contributed by atoms with Gasteiger partial charge in [0.2, 0.25) is 0 Å². The number of rotatable bonds is 3. The molecule has 2 N–H and O–H groups in total. The van der Waals surface area contributed by atoms with E-state index in [1.165, 1.54) is 0 Å². The topological polar surface area (TPSA) is 49.3 Å². The fraction of sp³-hybridized carbons (Fsp3) is 0.417. The average Bonchev–Trinajstić information content (AvgIpc) is 2.63. The molecule has 3 nitrogen and oxygen atoms in total. The molecule has 0 saturated carbocycles. The molecule has 0 spiro atoms. The van der Waals surface area contributed by atoms with E-state index < -0.39 is 11.6 Å². The van der Waals surface area contributed by atoms with Gasteiger partial charge in [0.05, 0.1) is 25.7 Å². The van der Waals surface area contributed by atoms with E-state index in [0.717, 1.165) is 6.42 Å². The van der Waals surface area contributed by atoms with E-state index in [2.05, 4.69) is 5.32 Å². The van der Waals surface area contributed by atoms with Crippen LogP contribution in [0.1, 0.15) is 42.1 Å². The number of unbranched alkanes of at least 4 members (excludes halogenated alkanes) is 1. The lowest BCUT2D eigenvalue weighted by Crippen LogP contribution is -2.39. The van der Waals surface area contributed by atoms with Crippen LogP contribution < -0.4 is 5.32 Å². The van der Waals surface area contributed by atoms with E-state index in [1.807, 2.05) is 6.92 Å². The minimum atomic E-state index is -1.54. The van der Waals surface area contributed by atoms with Crippen molar-refractivity contribution in [3.8, 4) is 0 Å². The molecule has 0 aromatic heterocycles. The molecule has 0 bridgehead atoms. The quantitative estimate of drug-likeness (QED) is 0.632. The standard InChI is InChI=1S/C12H11Cl4NO2/c1-2-3-4-12(19)6-5(11(18)17-12)7(13)9(15)10(16)8(6)14/h19H,2-4H2,1H3,(H,17,18). The van der Waals surface area contributed by atoms with Crippen molar-refractivity contribution >= 4 is 52.3 Å². The average molecular weight is 343 g/mol. The predicted molar refractivity (Wildman–Crippen MR) is 77.4 cm³/mol. The summed E-state index contributed by atoms with van der Waals surface area (Å²) in [7, 11) is 0. The number of carbonyl (C=O) groups excluding carboxylic acids is 1. The molecular formula is C12H11Cl4NO2. The van der Waals surface area contributed by atoms with Gasteiger partial charge in [-0.05, 0) is 12.8 Å². The first kappa shape index (κ1) is 15.2. The van der Waals surface area contributed by atoms with Gasteiger partial charge in [-0.1, -0.05) is 59.7 Å². The summed E-state index contributed by atoms with van der Waals surface area (Å²) in [4.78, 5) is 12.0. The third kappa shape index (κ3) is 2.32. The smallest absolute Gasteiger partial charge is 0.255 e. The second kappa shape index (κ2) is 5.30. The van der Waals surface area contributed by atoms with Gasteiger partial charge >= 0.3 is 0 Å². The van der Waals surface area contributed by atoms with Gasteiger partial charge in [-0.3, -0.25) is 4.79 Å². The highest BCUT2D eigenvalue weighted by atomic mass is 35.5. The fourth-order valence-electron chi connectivity index (χ4n) is 2.17. The second-order valence-electron chi connectivity index (χ2n) is 4.42. The first-order valence-corrected chi connectivity index (χ1v) is 7.26. The zero-order valence-electron chi connectivity index (χ0n) is 9.99. The molecule has 1 amide bonds. The first-order chi connectivity index (χ1) is 8.83. The Morgan fingerprint density at radius 2 is 1.68 bits per heavy atom. The molecular weight excluding hydrogens is 332 g/mol. The lowest BCUT2D eigenvalue weighted by molar-refractivity contribution is 0.00368. The van der Waals surface area contributed by atoms with E-state index in [0.29, 0.717) is 12.8 Å². The Morgan fingerprint density at radius 3 is 2.26 bits per heavy atom. The summed E-state index contributed by atoms with van der Waals surface area (Å²) >= 11 is 24.0. The number of aliphatic hydroxyl groups is 1. The maximum absolute atomic E-state index is 12.0. The highest BCUT2D eigenvalue weighted by molar-refractivity contribution is 6.53. The van der Waals surface area contributed by atoms with E-state index in [1.54, 1.807) is 0 Å². The predicted octanol–water partition coefficient (Wildman–Crippen LogP) is 4.38. The molecule has 0 saturated heterocycles. The largest absolute Gasteiger partial charge is 0.367 e. The van der Waals surface area contributed by atoms with Crippen LogP contribution in [0.5, 0.6) is 0 Å². The number of halogens is 4. The molecule has 1 unspecified atom stereocenters. The van der Waals surface area contributed by atoms with Crippen molar-refractivity contribution < 1.29 is 9.90 Å². The lowest BCUT2D eigenvalue weighted by atomic mass is 9.96. The highest BCUT2D eigenvalue weighted by Gasteiger charge is 2.45. The molecule has 1 aliphatic rings. The van der Waals surface area contributed by atoms with Crippen molar-refractivity contribution in [1.82, 2.24) is 5.32 Å². The summed E-state index contributed by atoms with van der Waals surface area (Å²) in [5.41, 5.74) is -1.23. The molecule has 1 heterocycles. The highest BCUT2D eigenvalue weighted by Crippen LogP contribution is 2.48.